The molecule has 3 rings (SSSR count). The van der Waals surface area contributed by atoms with Crippen LogP contribution in [-0.4, -0.2) is 34.8 Å². The van der Waals surface area contributed by atoms with Crippen molar-refractivity contribution < 1.29 is 9.47 Å². The lowest BCUT2D eigenvalue weighted by molar-refractivity contribution is 0.108. The van der Waals surface area contributed by atoms with Crippen molar-refractivity contribution in [2.24, 2.45) is 0 Å². The van der Waals surface area contributed by atoms with Crippen molar-refractivity contribution in [1.29, 1.82) is 0 Å². The Hall–Kier alpha value is -2.97. The van der Waals surface area contributed by atoms with Gasteiger partial charge in [-0.05, 0) is 37.1 Å². The number of rotatable bonds is 5. The number of fused-ring (bicyclic) bond motifs is 1. The molecule has 0 fully saturated rings. The van der Waals surface area contributed by atoms with Gasteiger partial charge in [0, 0.05) is 18.4 Å². The fourth-order valence-electron chi connectivity index (χ4n) is 2.05. The first-order chi connectivity index (χ1) is 11.9. The van der Waals surface area contributed by atoms with Crippen LogP contribution in [0, 0.1) is 11.8 Å². The highest BCUT2D eigenvalue weighted by molar-refractivity contribution is 5.71. The summed E-state index contributed by atoms with van der Waals surface area (Å²) in [7, 11) is 0. The molecule has 0 unspecified atom stereocenters. The minimum Gasteiger partial charge on any atom is -0.473 e. The van der Waals surface area contributed by atoms with E-state index in [0.29, 0.717) is 42.6 Å². The molecule has 0 N–H and O–H groups in total. The molecule has 120 valence electrons. The Morgan fingerprint density at radius 2 is 1.83 bits per heavy atom. The Morgan fingerprint density at radius 1 is 0.958 bits per heavy atom. The smallest absolute Gasteiger partial charge is 0.249 e. The normalized spacial score (nSPS) is 10.2. The monoisotopic (exact) mass is 319 g/mol. The molecule has 0 bridgehead atoms. The molecule has 2 aromatic heterocycles. The summed E-state index contributed by atoms with van der Waals surface area (Å²) >= 11 is 0. The molecule has 0 radical (unpaired) electrons. The topological polar surface area (TPSA) is 57.1 Å². The van der Waals surface area contributed by atoms with Crippen LogP contribution in [0.3, 0.4) is 0 Å². The molecule has 1 aromatic carbocycles. The Kier molecular flexibility index (Phi) is 5.33. The zero-order valence-corrected chi connectivity index (χ0v) is 13.4. The number of aromatic nitrogens is 3. The number of benzene rings is 1. The van der Waals surface area contributed by atoms with Crippen LogP contribution in [0.5, 0.6) is 5.88 Å². The SMILES string of the molecule is CCOCCOc1nc2cccnc2nc1C#Cc1ccccc1. The minimum absolute atomic E-state index is 0.397. The van der Waals surface area contributed by atoms with Gasteiger partial charge in [0.05, 0.1) is 6.61 Å². The van der Waals surface area contributed by atoms with Crippen LogP contribution < -0.4 is 4.74 Å². The van der Waals surface area contributed by atoms with E-state index in [0.717, 1.165) is 5.56 Å². The van der Waals surface area contributed by atoms with E-state index in [1.165, 1.54) is 0 Å². The zero-order chi connectivity index (χ0) is 16.6. The van der Waals surface area contributed by atoms with E-state index in [4.69, 9.17) is 9.47 Å². The molecular weight excluding hydrogens is 302 g/mol. The Morgan fingerprint density at radius 3 is 2.67 bits per heavy atom. The quantitative estimate of drug-likeness (QED) is 0.535. The highest BCUT2D eigenvalue weighted by Crippen LogP contribution is 2.17. The van der Waals surface area contributed by atoms with Crippen molar-refractivity contribution in [2.75, 3.05) is 19.8 Å². The zero-order valence-electron chi connectivity index (χ0n) is 13.4. The number of pyridine rings is 1. The molecule has 0 aliphatic heterocycles. The van der Waals surface area contributed by atoms with Crippen LogP contribution in [-0.2, 0) is 4.74 Å². The average molecular weight is 319 g/mol. The van der Waals surface area contributed by atoms with Gasteiger partial charge in [0.25, 0.3) is 0 Å². The highest BCUT2D eigenvalue weighted by Gasteiger charge is 2.09. The molecule has 0 aliphatic rings. The second-order valence-corrected chi connectivity index (χ2v) is 4.88. The van der Waals surface area contributed by atoms with Gasteiger partial charge in [0.1, 0.15) is 12.1 Å². The predicted octanol–water partition coefficient (Wildman–Crippen LogP) is 2.84. The molecule has 0 aliphatic carbocycles. The van der Waals surface area contributed by atoms with Gasteiger partial charge in [0.15, 0.2) is 11.3 Å². The predicted molar refractivity (Wildman–Crippen MR) is 91.7 cm³/mol. The maximum absolute atomic E-state index is 5.71. The second-order valence-electron chi connectivity index (χ2n) is 4.88. The third-order valence-corrected chi connectivity index (χ3v) is 3.18. The summed E-state index contributed by atoms with van der Waals surface area (Å²) < 4.78 is 11.0. The van der Waals surface area contributed by atoms with E-state index in [9.17, 15) is 0 Å². The summed E-state index contributed by atoms with van der Waals surface area (Å²) in [5.74, 6) is 6.51. The van der Waals surface area contributed by atoms with Crippen molar-refractivity contribution in [3.63, 3.8) is 0 Å². The molecule has 5 nitrogen and oxygen atoms in total. The second kappa shape index (κ2) is 8.04. The van der Waals surface area contributed by atoms with E-state index in [-0.39, 0.29) is 0 Å². The number of hydrogen-bond donors (Lipinski definition) is 0. The largest absolute Gasteiger partial charge is 0.473 e. The van der Waals surface area contributed by atoms with Crippen LogP contribution in [0.4, 0.5) is 0 Å². The first kappa shape index (κ1) is 15.9. The lowest BCUT2D eigenvalue weighted by atomic mass is 10.2. The third kappa shape index (κ3) is 4.06. The molecule has 5 heteroatoms. The lowest BCUT2D eigenvalue weighted by Gasteiger charge is -2.07. The van der Waals surface area contributed by atoms with Crippen molar-refractivity contribution in [3.8, 4) is 17.7 Å². The first-order valence-corrected chi connectivity index (χ1v) is 7.77. The van der Waals surface area contributed by atoms with E-state index < -0.39 is 0 Å². The van der Waals surface area contributed by atoms with Gasteiger partial charge in [-0.1, -0.05) is 24.1 Å². The molecule has 2 heterocycles. The molecule has 0 spiro atoms. The van der Waals surface area contributed by atoms with Gasteiger partial charge in [-0.3, -0.25) is 0 Å². The lowest BCUT2D eigenvalue weighted by Crippen LogP contribution is -2.09. The number of hydrogen-bond acceptors (Lipinski definition) is 5. The maximum atomic E-state index is 5.71. The van der Waals surface area contributed by atoms with Crippen LogP contribution in [0.2, 0.25) is 0 Å². The van der Waals surface area contributed by atoms with Gasteiger partial charge in [0.2, 0.25) is 5.88 Å². The number of ether oxygens (including phenoxy) is 2. The number of nitrogens with zero attached hydrogens (tertiary/aromatic N) is 3. The van der Waals surface area contributed by atoms with E-state index in [1.54, 1.807) is 6.20 Å². The van der Waals surface area contributed by atoms with Crippen LogP contribution in [0.1, 0.15) is 18.2 Å². The third-order valence-electron chi connectivity index (χ3n) is 3.18. The standard InChI is InChI=1S/C19H17N3O2/c1-2-23-13-14-24-19-17(11-10-15-7-4-3-5-8-15)21-18-16(22-19)9-6-12-20-18/h3-9,12H,2,13-14H2,1H3. The van der Waals surface area contributed by atoms with Crippen molar-refractivity contribution in [3.05, 3.63) is 59.9 Å². The molecule has 24 heavy (non-hydrogen) atoms. The van der Waals surface area contributed by atoms with Gasteiger partial charge in [-0.2, -0.15) is 0 Å². The fraction of sp³-hybridized carbons (Fsp3) is 0.211. The summed E-state index contributed by atoms with van der Waals surface area (Å²) in [5, 5.41) is 0. The molecule has 0 saturated carbocycles. The summed E-state index contributed by atoms with van der Waals surface area (Å²) in [4.78, 5) is 13.2. The first-order valence-electron chi connectivity index (χ1n) is 7.77. The Bertz CT molecular complexity index is 870. The Labute approximate surface area is 140 Å². The summed E-state index contributed by atoms with van der Waals surface area (Å²) in [6.45, 7) is 3.48. The van der Waals surface area contributed by atoms with Gasteiger partial charge in [-0.25, -0.2) is 15.0 Å². The van der Waals surface area contributed by atoms with Crippen LogP contribution in [0.15, 0.2) is 48.7 Å². The minimum atomic E-state index is 0.397. The van der Waals surface area contributed by atoms with Gasteiger partial charge < -0.3 is 9.47 Å². The van der Waals surface area contributed by atoms with E-state index in [1.807, 2.05) is 49.4 Å². The summed E-state index contributed by atoms with van der Waals surface area (Å²) in [6.07, 6.45) is 1.68. The fourth-order valence-corrected chi connectivity index (χ4v) is 2.05. The molecule has 0 amide bonds. The average Bonchev–Trinajstić information content (AvgIpc) is 2.64. The molecule has 0 atom stereocenters. The van der Waals surface area contributed by atoms with Crippen molar-refractivity contribution >= 4 is 11.2 Å². The molecule has 0 saturated heterocycles. The van der Waals surface area contributed by atoms with E-state index in [2.05, 4.69) is 26.8 Å². The molecule has 3 aromatic rings. The summed E-state index contributed by atoms with van der Waals surface area (Å²) in [5.41, 5.74) is 2.60. The highest BCUT2D eigenvalue weighted by atomic mass is 16.5. The van der Waals surface area contributed by atoms with Crippen LogP contribution in [0.25, 0.3) is 11.2 Å². The van der Waals surface area contributed by atoms with Gasteiger partial charge in [-0.15, -0.1) is 0 Å². The van der Waals surface area contributed by atoms with E-state index >= 15 is 0 Å². The van der Waals surface area contributed by atoms with Crippen molar-refractivity contribution in [1.82, 2.24) is 15.0 Å². The van der Waals surface area contributed by atoms with Crippen LogP contribution >= 0.6 is 0 Å². The Balaban J connectivity index is 1.92. The molecular formula is C19H17N3O2. The van der Waals surface area contributed by atoms with Gasteiger partial charge >= 0.3 is 0 Å². The summed E-state index contributed by atoms with van der Waals surface area (Å²) in [6, 6.07) is 13.4. The maximum Gasteiger partial charge on any atom is 0.249 e. The van der Waals surface area contributed by atoms with Crippen molar-refractivity contribution in [2.45, 2.75) is 6.92 Å².